The van der Waals surface area contributed by atoms with Gasteiger partial charge in [-0.2, -0.15) is 0 Å². The Morgan fingerprint density at radius 3 is 2.61 bits per heavy atom. The molecule has 6 nitrogen and oxygen atoms in total. The van der Waals surface area contributed by atoms with Crippen molar-refractivity contribution in [3.8, 4) is 22.8 Å². The number of nitrogens with zero attached hydrogens (tertiary/aromatic N) is 1. The monoisotopic (exact) mass is 386 g/mol. The van der Waals surface area contributed by atoms with Crippen LogP contribution in [0.25, 0.3) is 11.3 Å². The van der Waals surface area contributed by atoms with Gasteiger partial charge in [0, 0.05) is 24.9 Å². The summed E-state index contributed by atoms with van der Waals surface area (Å²) in [6.45, 7) is 0. The van der Waals surface area contributed by atoms with E-state index in [9.17, 15) is 4.79 Å². The second-order valence-electron chi connectivity index (χ2n) is 7.29. The number of hydrogen-bond acceptors (Lipinski definition) is 5. The van der Waals surface area contributed by atoms with Gasteiger partial charge >= 0.3 is 0 Å². The zero-order valence-corrected chi connectivity index (χ0v) is 16.8. The number of methoxy groups -OCH3 is 2. The molecule has 1 heterocycles. The van der Waals surface area contributed by atoms with Gasteiger partial charge in [-0.15, -0.1) is 0 Å². The molecular formula is C22H30N2O4. The van der Waals surface area contributed by atoms with Gasteiger partial charge in [0.25, 0.3) is 0 Å². The quantitative estimate of drug-likeness (QED) is 0.757. The summed E-state index contributed by atoms with van der Waals surface area (Å²) in [5.74, 6) is 2.62. The zero-order chi connectivity index (χ0) is 19.8. The van der Waals surface area contributed by atoms with Crippen LogP contribution in [0, 0.1) is 0 Å². The Kier molecular flexibility index (Phi) is 7.34. The Labute approximate surface area is 166 Å². The van der Waals surface area contributed by atoms with Gasteiger partial charge < -0.3 is 19.2 Å². The van der Waals surface area contributed by atoms with Crippen LogP contribution in [0.5, 0.6) is 11.5 Å². The first-order chi connectivity index (χ1) is 13.7. The molecule has 0 spiro atoms. The fourth-order valence-electron chi connectivity index (χ4n) is 3.67. The lowest BCUT2D eigenvalue weighted by atomic mass is 9.96. The summed E-state index contributed by atoms with van der Waals surface area (Å²) in [4.78, 5) is 16.6. The van der Waals surface area contributed by atoms with Crippen molar-refractivity contribution in [3.05, 3.63) is 30.3 Å². The lowest BCUT2D eigenvalue weighted by molar-refractivity contribution is -0.122. The minimum Gasteiger partial charge on any atom is -0.497 e. The van der Waals surface area contributed by atoms with E-state index in [-0.39, 0.29) is 5.91 Å². The molecule has 0 aliphatic heterocycles. The van der Waals surface area contributed by atoms with Crippen LogP contribution in [-0.2, 0) is 11.2 Å². The highest BCUT2D eigenvalue weighted by Gasteiger charge is 2.16. The predicted molar refractivity (Wildman–Crippen MR) is 108 cm³/mol. The molecule has 1 aromatic carbocycles. The summed E-state index contributed by atoms with van der Waals surface area (Å²) in [6, 6.07) is 5.85. The lowest BCUT2D eigenvalue weighted by Gasteiger charge is -2.20. The van der Waals surface area contributed by atoms with Gasteiger partial charge in [-0.1, -0.05) is 32.1 Å². The van der Waals surface area contributed by atoms with E-state index in [2.05, 4.69) is 10.3 Å². The molecule has 0 bridgehead atoms. The van der Waals surface area contributed by atoms with Crippen molar-refractivity contribution in [2.24, 2.45) is 0 Å². The van der Waals surface area contributed by atoms with E-state index in [0.29, 0.717) is 42.0 Å². The van der Waals surface area contributed by atoms with Gasteiger partial charge in [0.1, 0.15) is 11.5 Å². The van der Waals surface area contributed by atoms with Gasteiger partial charge in [0.15, 0.2) is 11.7 Å². The molecule has 0 unspecified atom stereocenters. The number of aromatic nitrogens is 1. The molecule has 1 aliphatic carbocycles. The van der Waals surface area contributed by atoms with Crippen LogP contribution in [0.1, 0.15) is 57.3 Å². The van der Waals surface area contributed by atoms with Gasteiger partial charge in [0.2, 0.25) is 5.91 Å². The largest absolute Gasteiger partial charge is 0.497 e. The first kappa shape index (κ1) is 20.2. The van der Waals surface area contributed by atoms with E-state index >= 15 is 0 Å². The van der Waals surface area contributed by atoms with Gasteiger partial charge in [0.05, 0.1) is 26.0 Å². The van der Waals surface area contributed by atoms with Gasteiger partial charge in [-0.3, -0.25) is 4.79 Å². The highest BCUT2D eigenvalue weighted by atomic mass is 16.5. The summed E-state index contributed by atoms with van der Waals surface area (Å²) in [5.41, 5.74) is 0.807. The number of benzene rings is 1. The first-order valence-electron chi connectivity index (χ1n) is 10.2. The third-order valence-corrected chi connectivity index (χ3v) is 5.26. The highest BCUT2D eigenvalue weighted by molar-refractivity contribution is 5.76. The number of aryl methyl sites for hydroxylation is 1. The van der Waals surface area contributed by atoms with Crippen LogP contribution in [0.4, 0.5) is 0 Å². The first-order valence-corrected chi connectivity index (χ1v) is 10.2. The van der Waals surface area contributed by atoms with Crippen molar-refractivity contribution >= 4 is 5.91 Å². The smallest absolute Gasteiger partial charge is 0.220 e. The zero-order valence-electron chi connectivity index (χ0n) is 16.8. The second-order valence-corrected chi connectivity index (χ2v) is 7.29. The number of carbonyl (C=O) groups is 1. The molecular weight excluding hydrogens is 356 g/mol. The van der Waals surface area contributed by atoms with Crippen molar-refractivity contribution in [2.75, 3.05) is 14.2 Å². The Balaban J connectivity index is 1.55. The van der Waals surface area contributed by atoms with Crippen LogP contribution >= 0.6 is 0 Å². The van der Waals surface area contributed by atoms with E-state index < -0.39 is 0 Å². The minimum absolute atomic E-state index is 0.0763. The molecule has 1 aliphatic rings. The van der Waals surface area contributed by atoms with Crippen LogP contribution in [-0.4, -0.2) is 31.2 Å². The number of hydrogen-bond donors (Lipinski definition) is 1. The van der Waals surface area contributed by atoms with Crippen molar-refractivity contribution < 1.29 is 18.7 Å². The summed E-state index contributed by atoms with van der Waals surface area (Å²) < 4.78 is 16.5. The molecule has 0 radical (unpaired) electrons. The number of rotatable bonds is 7. The number of oxazole rings is 1. The fourth-order valence-corrected chi connectivity index (χ4v) is 3.67. The average molecular weight is 386 g/mol. The molecule has 3 rings (SSSR count). The summed E-state index contributed by atoms with van der Waals surface area (Å²) in [6.07, 6.45) is 11.0. The number of ether oxygens (including phenoxy) is 2. The Morgan fingerprint density at radius 1 is 1.14 bits per heavy atom. The lowest BCUT2D eigenvalue weighted by Crippen LogP contribution is -2.35. The number of amides is 1. The van der Waals surface area contributed by atoms with Crippen molar-refractivity contribution in [1.82, 2.24) is 10.3 Å². The third-order valence-electron chi connectivity index (χ3n) is 5.26. The summed E-state index contributed by atoms with van der Waals surface area (Å²) in [7, 11) is 3.22. The molecule has 0 atom stereocenters. The van der Waals surface area contributed by atoms with Crippen molar-refractivity contribution in [1.29, 1.82) is 0 Å². The molecule has 1 fully saturated rings. The number of carbonyl (C=O) groups excluding carboxylic acids is 1. The van der Waals surface area contributed by atoms with Gasteiger partial charge in [-0.05, 0) is 25.0 Å². The normalized spacial score (nSPS) is 15.5. The predicted octanol–water partition coefficient (Wildman–Crippen LogP) is 4.52. The highest BCUT2D eigenvalue weighted by Crippen LogP contribution is 2.33. The number of nitrogens with one attached hydrogen (secondary N) is 1. The Bertz CT molecular complexity index is 764. The standard InChI is InChI=1S/C22H30N2O4/c1-26-17-10-11-18(19(14-17)27-2)20-15-23-22(28-20)13-12-21(25)24-16-8-6-4-3-5-7-9-16/h10-11,14-16H,3-9,12-13H2,1-2H3,(H,24,25). The molecule has 152 valence electrons. The molecule has 28 heavy (non-hydrogen) atoms. The van der Waals surface area contributed by atoms with Crippen LogP contribution < -0.4 is 14.8 Å². The maximum Gasteiger partial charge on any atom is 0.220 e. The molecule has 1 saturated carbocycles. The maximum atomic E-state index is 12.3. The summed E-state index contributed by atoms with van der Waals surface area (Å²) in [5, 5.41) is 3.18. The Morgan fingerprint density at radius 2 is 1.89 bits per heavy atom. The summed E-state index contributed by atoms with van der Waals surface area (Å²) >= 11 is 0. The van der Waals surface area contributed by atoms with Gasteiger partial charge in [-0.25, -0.2) is 4.98 Å². The van der Waals surface area contributed by atoms with E-state index in [4.69, 9.17) is 13.9 Å². The van der Waals surface area contributed by atoms with E-state index in [1.807, 2.05) is 12.1 Å². The molecule has 1 aromatic heterocycles. The van der Waals surface area contributed by atoms with Crippen molar-refractivity contribution in [2.45, 2.75) is 63.8 Å². The third kappa shape index (κ3) is 5.50. The molecule has 1 amide bonds. The second kappa shape index (κ2) is 10.2. The van der Waals surface area contributed by atoms with Crippen molar-refractivity contribution in [3.63, 3.8) is 0 Å². The van der Waals surface area contributed by atoms with E-state index in [0.717, 1.165) is 18.4 Å². The van der Waals surface area contributed by atoms with Crippen LogP contribution in [0.3, 0.4) is 0 Å². The SMILES string of the molecule is COc1ccc(-c2cnc(CCC(=O)NC3CCCCCCC3)o2)c(OC)c1. The van der Waals surface area contributed by atoms with E-state index in [1.54, 1.807) is 26.5 Å². The van der Waals surface area contributed by atoms with Crippen LogP contribution in [0.2, 0.25) is 0 Å². The molecule has 0 saturated heterocycles. The maximum absolute atomic E-state index is 12.3. The Hall–Kier alpha value is -2.50. The average Bonchev–Trinajstić information content (AvgIpc) is 3.16. The topological polar surface area (TPSA) is 73.6 Å². The van der Waals surface area contributed by atoms with E-state index in [1.165, 1.54) is 32.1 Å². The minimum atomic E-state index is 0.0763. The molecule has 2 aromatic rings. The van der Waals surface area contributed by atoms with Crippen LogP contribution in [0.15, 0.2) is 28.8 Å². The molecule has 6 heteroatoms. The fraction of sp³-hybridized carbons (Fsp3) is 0.545. The molecule has 1 N–H and O–H groups in total.